The van der Waals surface area contributed by atoms with Crippen LogP contribution in [0, 0.1) is 5.92 Å². The van der Waals surface area contributed by atoms with Gasteiger partial charge in [-0.25, -0.2) is 0 Å². The molecule has 1 aliphatic heterocycles. The molecule has 0 fully saturated rings. The summed E-state index contributed by atoms with van der Waals surface area (Å²) in [4.78, 5) is 1.92. The molecule has 3 nitrogen and oxygen atoms in total. The molecule has 0 aromatic heterocycles. The highest BCUT2D eigenvalue weighted by Gasteiger charge is 2.30. The van der Waals surface area contributed by atoms with Gasteiger partial charge >= 0.3 is 6.18 Å². The third kappa shape index (κ3) is 3.33. The van der Waals surface area contributed by atoms with Gasteiger partial charge in [-0.3, -0.25) is 0 Å². The van der Waals surface area contributed by atoms with Crippen LogP contribution in [0.4, 0.5) is 18.9 Å². The van der Waals surface area contributed by atoms with Gasteiger partial charge in [0, 0.05) is 31.7 Å². The number of hydrogen-bond donors (Lipinski definition) is 2. The Kier molecular flexibility index (Phi) is 3.59. The number of nitrogens with one attached hydrogen (secondary N) is 1. The molecule has 3 N–H and O–H groups in total. The van der Waals surface area contributed by atoms with Gasteiger partial charge in [0.2, 0.25) is 0 Å². The van der Waals surface area contributed by atoms with Crippen LogP contribution in [-0.2, 0) is 6.18 Å². The van der Waals surface area contributed by atoms with Crippen LogP contribution in [0.5, 0.6) is 0 Å². The summed E-state index contributed by atoms with van der Waals surface area (Å²) in [6, 6.07) is 5.17. The molecule has 0 radical (unpaired) electrons. The summed E-state index contributed by atoms with van der Waals surface area (Å²) >= 11 is 0. The van der Waals surface area contributed by atoms with Gasteiger partial charge in [-0.2, -0.15) is 13.2 Å². The zero-order chi connectivity index (χ0) is 14.0. The summed E-state index contributed by atoms with van der Waals surface area (Å²) in [7, 11) is 1.85. The summed E-state index contributed by atoms with van der Waals surface area (Å²) in [5, 5.41) is 3.02. The van der Waals surface area contributed by atoms with Gasteiger partial charge in [0.25, 0.3) is 0 Å². The van der Waals surface area contributed by atoms with Crippen molar-refractivity contribution in [2.75, 3.05) is 25.0 Å². The lowest BCUT2D eigenvalue weighted by Crippen LogP contribution is -2.27. The Balaban J connectivity index is 2.02. The Bertz CT molecular complexity index is 465. The molecule has 0 spiro atoms. The van der Waals surface area contributed by atoms with Crippen molar-refractivity contribution in [2.24, 2.45) is 11.7 Å². The van der Waals surface area contributed by atoms with Crippen LogP contribution in [-0.4, -0.2) is 20.1 Å². The fraction of sp³-hybridized carbons (Fsp3) is 0.385. The van der Waals surface area contributed by atoms with Crippen molar-refractivity contribution in [1.82, 2.24) is 5.32 Å². The van der Waals surface area contributed by atoms with Gasteiger partial charge in [-0.05, 0) is 30.3 Å². The molecule has 1 heterocycles. The first-order valence-corrected chi connectivity index (χ1v) is 5.96. The van der Waals surface area contributed by atoms with E-state index in [1.54, 1.807) is 0 Å². The van der Waals surface area contributed by atoms with Crippen molar-refractivity contribution in [1.29, 1.82) is 0 Å². The van der Waals surface area contributed by atoms with Crippen molar-refractivity contribution >= 4 is 5.69 Å². The van der Waals surface area contributed by atoms with Gasteiger partial charge in [-0.1, -0.05) is 0 Å². The molecular weight excluding hydrogens is 255 g/mol. The van der Waals surface area contributed by atoms with E-state index in [1.807, 2.05) is 18.0 Å². The summed E-state index contributed by atoms with van der Waals surface area (Å²) in [6.07, 6.45) is -2.36. The first kappa shape index (κ1) is 13.6. The molecule has 0 amide bonds. The quantitative estimate of drug-likeness (QED) is 0.885. The maximum Gasteiger partial charge on any atom is 0.416 e. The molecule has 0 saturated carbocycles. The van der Waals surface area contributed by atoms with E-state index >= 15 is 0 Å². The minimum Gasteiger partial charge on any atom is -0.386 e. The number of benzene rings is 1. The molecule has 1 aromatic carbocycles. The van der Waals surface area contributed by atoms with Crippen LogP contribution < -0.4 is 16.0 Å². The van der Waals surface area contributed by atoms with Crippen LogP contribution in [0.1, 0.15) is 5.56 Å². The second kappa shape index (κ2) is 5.03. The highest BCUT2D eigenvalue weighted by molar-refractivity contribution is 5.47. The summed E-state index contributed by atoms with van der Waals surface area (Å²) in [6.45, 7) is 1.47. The SMILES string of the molecule is CN(C[C@H]1C=C(N)NC1)c1ccc(C(F)(F)F)cc1. The normalized spacial score (nSPS) is 18.9. The highest BCUT2D eigenvalue weighted by Crippen LogP contribution is 2.30. The topological polar surface area (TPSA) is 41.3 Å². The van der Waals surface area contributed by atoms with Crippen LogP contribution in [0.25, 0.3) is 0 Å². The lowest BCUT2D eigenvalue weighted by atomic mass is 10.1. The van der Waals surface area contributed by atoms with Gasteiger partial charge in [-0.15, -0.1) is 0 Å². The second-order valence-corrected chi connectivity index (χ2v) is 4.69. The first-order chi connectivity index (χ1) is 8.86. The Morgan fingerprint density at radius 3 is 2.42 bits per heavy atom. The predicted molar refractivity (Wildman–Crippen MR) is 68.5 cm³/mol. The molecule has 0 bridgehead atoms. The number of alkyl halides is 3. The molecule has 1 aromatic rings. The van der Waals surface area contributed by atoms with Crippen LogP contribution in [0.3, 0.4) is 0 Å². The van der Waals surface area contributed by atoms with Gasteiger partial charge in [0.1, 0.15) is 0 Å². The molecule has 0 unspecified atom stereocenters. The molecule has 1 atom stereocenters. The average Bonchev–Trinajstić information content (AvgIpc) is 2.74. The van der Waals surface area contributed by atoms with E-state index in [4.69, 9.17) is 5.73 Å². The van der Waals surface area contributed by atoms with E-state index < -0.39 is 11.7 Å². The smallest absolute Gasteiger partial charge is 0.386 e. The van der Waals surface area contributed by atoms with E-state index in [9.17, 15) is 13.2 Å². The van der Waals surface area contributed by atoms with E-state index in [-0.39, 0.29) is 5.92 Å². The van der Waals surface area contributed by atoms with Crippen molar-refractivity contribution in [3.8, 4) is 0 Å². The minimum absolute atomic E-state index is 0.271. The zero-order valence-corrected chi connectivity index (χ0v) is 10.5. The number of nitrogens with two attached hydrogens (primary N) is 1. The molecular formula is C13H16F3N3. The molecule has 0 aliphatic carbocycles. The largest absolute Gasteiger partial charge is 0.416 e. The van der Waals surface area contributed by atoms with E-state index in [0.29, 0.717) is 12.4 Å². The summed E-state index contributed by atoms with van der Waals surface area (Å²) in [5.41, 5.74) is 5.74. The Hall–Kier alpha value is -1.85. The van der Waals surface area contributed by atoms with E-state index in [2.05, 4.69) is 5.32 Å². The molecule has 0 saturated heterocycles. The number of anilines is 1. The Labute approximate surface area is 109 Å². The van der Waals surface area contributed by atoms with Crippen molar-refractivity contribution in [3.63, 3.8) is 0 Å². The lowest BCUT2D eigenvalue weighted by Gasteiger charge is -2.22. The molecule has 19 heavy (non-hydrogen) atoms. The van der Waals surface area contributed by atoms with Crippen molar-refractivity contribution in [3.05, 3.63) is 41.7 Å². The Morgan fingerprint density at radius 1 is 1.32 bits per heavy atom. The first-order valence-electron chi connectivity index (χ1n) is 5.96. The predicted octanol–water partition coefficient (Wildman–Crippen LogP) is 2.16. The maximum atomic E-state index is 12.4. The fourth-order valence-electron chi connectivity index (χ4n) is 2.10. The summed E-state index contributed by atoms with van der Waals surface area (Å²) < 4.78 is 37.3. The van der Waals surface area contributed by atoms with Gasteiger partial charge in [0.05, 0.1) is 11.4 Å². The van der Waals surface area contributed by atoms with Crippen molar-refractivity contribution < 1.29 is 13.2 Å². The minimum atomic E-state index is -4.29. The Morgan fingerprint density at radius 2 is 1.95 bits per heavy atom. The standard InChI is InChI=1S/C13H16F3N3/c1-19(8-9-6-12(17)18-7-9)11-4-2-10(3-5-11)13(14,15)16/h2-6,9,18H,7-8,17H2,1H3/t9-/m0/s1. The fourth-order valence-corrected chi connectivity index (χ4v) is 2.10. The number of rotatable bonds is 3. The molecule has 2 rings (SSSR count). The molecule has 6 heteroatoms. The zero-order valence-electron chi connectivity index (χ0n) is 10.5. The monoisotopic (exact) mass is 271 g/mol. The number of hydrogen-bond acceptors (Lipinski definition) is 3. The third-order valence-electron chi connectivity index (χ3n) is 3.13. The second-order valence-electron chi connectivity index (χ2n) is 4.69. The van der Waals surface area contributed by atoms with E-state index in [1.165, 1.54) is 12.1 Å². The lowest BCUT2D eigenvalue weighted by molar-refractivity contribution is -0.137. The average molecular weight is 271 g/mol. The molecule has 1 aliphatic rings. The number of halogens is 3. The highest BCUT2D eigenvalue weighted by atomic mass is 19.4. The van der Waals surface area contributed by atoms with Gasteiger partial charge < -0.3 is 16.0 Å². The summed E-state index contributed by atoms with van der Waals surface area (Å²) in [5.74, 6) is 0.929. The van der Waals surface area contributed by atoms with Crippen LogP contribution in [0.2, 0.25) is 0 Å². The van der Waals surface area contributed by atoms with Crippen molar-refractivity contribution in [2.45, 2.75) is 6.18 Å². The third-order valence-corrected chi connectivity index (χ3v) is 3.13. The maximum absolute atomic E-state index is 12.4. The van der Waals surface area contributed by atoms with Crippen LogP contribution in [0.15, 0.2) is 36.2 Å². The van der Waals surface area contributed by atoms with Gasteiger partial charge in [0.15, 0.2) is 0 Å². The molecule has 104 valence electrons. The number of nitrogens with zero attached hydrogens (tertiary/aromatic N) is 1. The van der Waals surface area contributed by atoms with E-state index in [0.717, 1.165) is 24.4 Å². The van der Waals surface area contributed by atoms with Crippen LogP contribution >= 0.6 is 0 Å².